The maximum atomic E-state index is 10.2. The molecule has 6 atom stereocenters. The number of aromatic nitrogens is 1. The first-order chi connectivity index (χ1) is 15.0. The average molecular weight is 435 g/mol. The van der Waals surface area contributed by atoms with Crippen LogP contribution in [-0.2, 0) is 18.4 Å². The highest BCUT2D eigenvalue weighted by atomic mass is 32.1. The van der Waals surface area contributed by atoms with Crippen LogP contribution in [0.1, 0.15) is 68.5 Å². The number of thiazole rings is 1. The fraction of sp³-hybridized carbons (Fsp3) is 0.593. The van der Waals surface area contributed by atoms with Crippen LogP contribution in [0.5, 0.6) is 0 Å². The molecule has 2 aromatic rings. The summed E-state index contributed by atoms with van der Waals surface area (Å²) in [5.74, 6) is 2.28. The molecule has 0 spiro atoms. The van der Waals surface area contributed by atoms with Crippen LogP contribution >= 0.6 is 11.3 Å². The number of aliphatic hydroxyl groups excluding tert-OH is 1. The molecule has 0 aliphatic heterocycles. The highest BCUT2D eigenvalue weighted by Gasteiger charge is 2.58. The number of hydrogen-bond acceptors (Lipinski definition) is 4. The van der Waals surface area contributed by atoms with Gasteiger partial charge in [-0.1, -0.05) is 55.8 Å². The van der Waals surface area contributed by atoms with Crippen LogP contribution in [0.2, 0.25) is 0 Å². The fourth-order valence-corrected chi connectivity index (χ4v) is 8.77. The minimum absolute atomic E-state index is 0.116. The molecule has 2 fully saturated rings. The molecule has 31 heavy (non-hydrogen) atoms. The van der Waals surface area contributed by atoms with Gasteiger partial charge >= 0.3 is 0 Å². The molecule has 3 unspecified atom stereocenters. The summed E-state index contributed by atoms with van der Waals surface area (Å²) in [5.41, 5.74) is 4.81. The van der Waals surface area contributed by atoms with Crippen molar-refractivity contribution >= 4 is 16.5 Å². The second kappa shape index (κ2) is 7.18. The number of nitrogens with zero attached hydrogens (tertiary/aromatic N) is 1. The first-order valence-corrected chi connectivity index (χ1v) is 12.9. The molecule has 2 saturated carbocycles. The first kappa shape index (κ1) is 20.0. The van der Waals surface area contributed by atoms with E-state index < -0.39 is 0 Å². The molecular formula is C27H34N2OS. The van der Waals surface area contributed by atoms with E-state index in [9.17, 15) is 5.11 Å². The van der Waals surface area contributed by atoms with Crippen molar-refractivity contribution in [1.29, 1.82) is 0 Å². The zero-order valence-electron chi connectivity index (χ0n) is 18.7. The van der Waals surface area contributed by atoms with Crippen molar-refractivity contribution < 1.29 is 5.11 Å². The fourth-order valence-electron chi connectivity index (χ4n) is 7.62. The molecule has 2 N–H and O–H groups in total. The smallest absolute Gasteiger partial charge is 0.183 e. The second-order valence-electron chi connectivity index (χ2n) is 10.9. The van der Waals surface area contributed by atoms with Crippen molar-refractivity contribution in [2.75, 3.05) is 5.32 Å². The van der Waals surface area contributed by atoms with Crippen LogP contribution in [0, 0.1) is 23.2 Å². The second-order valence-corrected chi connectivity index (χ2v) is 12.0. The molecule has 6 rings (SSSR count). The standard InChI is InChI=1S/C27H34N2OS/c1-26-12-10-19(30)14-18(26)8-9-20-21(26)11-13-27(2)22(20)15-23-24(27)29-25(31-23)28-16-17-6-4-3-5-7-17/h3-8,19-22,30H,9-16H2,1-2H3,(H,28,29)/t19-,20?,21?,22?,26-,27-/m0/s1. The molecule has 4 aliphatic carbocycles. The van der Waals surface area contributed by atoms with Crippen LogP contribution in [0.15, 0.2) is 42.0 Å². The molecule has 1 aromatic heterocycles. The lowest BCUT2D eigenvalue weighted by atomic mass is 9.48. The van der Waals surface area contributed by atoms with Gasteiger partial charge in [0.15, 0.2) is 5.13 Å². The van der Waals surface area contributed by atoms with Gasteiger partial charge in [-0.2, -0.15) is 0 Å². The van der Waals surface area contributed by atoms with Gasteiger partial charge in [0.25, 0.3) is 0 Å². The Balaban J connectivity index is 1.24. The summed E-state index contributed by atoms with van der Waals surface area (Å²) in [6.45, 7) is 5.86. The van der Waals surface area contributed by atoms with E-state index in [1.807, 2.05) is 11.3 Å². The summed E-state index contributed by atoms with van der Waals surface area (Å²) in [7, 11) is 0. The van der Waals surface area contributed by atoms with E-state index in [4.69, 9.17) is 4.98 Å². The summed E-state index contributed by atoms with van der Waals surface area (Å²) >= 11 is 1.90. The molecular weight excluding hydrogens is 400 g/mol. The molecule has 1 heterocycles. The quantitative estimate of drug-likeness (QED) is 0.574. The van der Waals surface area contributed by atoms with Gasteiger partial charge in [-0.25, -0.2) is 4.98 Å². The predicted octanol–water partition coefficient (Wildman–Crippen LogP) is 6.09. The molecule has 1 aromatic carbocycles. The van der Waals surface area contributed by atoms with Gasteiger partial charge in [0.2, 0.25) is 0 Å². The van der Waals surface area contributed by atoms with Crippen molar-refractivity contribution in [3.63, 3.8) is 0 Å². The Labute approximate surface area is 190 Å². The lowest BCUT2D eigenvalue weighted by molar-refractivity contribution is -0.0169. The lowest BCUT2D eigenvalue weighted by Crippen LogP contribution is -2.51. The van der Waals surface area contributed by atoms with Gasteiger partial charge in [-0.15, -0.1) is 11.3 Å². The van der Waals surface area contributed by atoms with E-state index in [-0.39, 0.29) is 11.5 Å². The minimum atomic E-state index is -0.116. The van der Waals surface area contributed by atoms with E-state index in [1.54, 1.807) is 5.57 Å². The number of rotatable bonds is 3. The predicted molar refractivity (Wildman–Crippen MR) is 127 cm³/mol. The summed E-state index contributed by atoms with van der Waals surface area (Å²) < 4.78 is 0. The van der Waals surface area contributed by atoms with Crippen LogP contribution in [0.25, 0.3) is 0 Å². The highest BCUT2D eigenvalue weighted by Crippen LogP contribution is 2.64. The van der Waals surface area contributed by atoms with Crippen LogP contribution in [-0.4, -0.2) is 16.2 Å². The van der Waals surface area contributed by atoms with E-state index in [0.717, 1.165) is 48.7 Å². The van der Waals surface area contributed by atoms with Crippen LogP contribution in [0.3, 0.4) is 0 Å². The van der Waals surface area contributed by atoms with Crippen molar-refractivity contribution in [2.24, 2.45) is 23.2 Å². The van der Waals surface area contributed by atoms with Gasteiger partial charge in [-0.3, -0.25) is 0 Å². The zero-order chi connectivity index (χ0) is 21.2. The SMILES string of the molecule is C[C@]12CC[C@H](O)CC1=CCC1C2CC[C@]2(C)c3nc(NCc4ccccc4)sc3CC12. The summed E-state index contributed by atoms with van der Waals surface area (Å²) in [6.07, 6.45) is 10.5. The summed E-state index contributed by atoms with van der Waals surface area (Å²) in [5, 5.41) is 14.9. The number of anilines is 1. The third-order valence-electron chi connectivity index (χ3n) is 9.40. The molecule has 0 saturated heterocycles. The van der Waals surface area contributed by atoms with Crippen LogP contribution in [0.4, 0.5) is 5.13 Å². The molecule has 4 aliphatic rings. The van der Waals surface area contributed by atoms with Gasteiger partial charge in [-0.05, 0) is 73.7 Å². The highest BCUT2D eigenvalue weighted by molar-refractivity contribution is 7.15. The average Bonchev–Trinajstić information content (AvgIpc) is 3.30. The Bertz CT molecular complexity index is 1010. The summed E-state index contributed by atoms with van der Waals surface area (Å²) in [4.78, 5) is 6.70. The number of fused-ring (bicyclic) bond motifs is 7. The molecule has 0 amide bonds. The monoisotopic (exact) mass is 434 g/mol. The Morgan fingerprint density at radius 2 is 1.87 bits per heavy atom. The number of hydrogen-bond donors (Lipinski definition) is 2. The van der Waals surface area contributed by atoms with E-state index in [1.165, 1.54) is 41.8 Å². The van der Waals surface area contributed by atoms with E-state index >= 15 is 0 Å². The lowest BCUT2D eigenvalue weighted by Gasteiger charge is -2.57. The Morgan fingerprint density at radius 3 is 2.71 bits per heavy atom. The molecule has 0 bridgehead atoms. The third kappa shape index (κ3) is 3.05. The van der Waals surface area contributed by atoms with Crippen molar-refractivity contribution in [3.8, 4) is 0 Å². The molecule has 164 valence electrons. The number of nitrogens with one attached hydrogen (secondary N) is 1. The maximum Gasteiger partial charge on any atom is 0.183 e. The topological polar surface area (TPSA) is 45.2 Å². The summed E-state index contributed by atoms with van der Waals surface area (Å²) in [6, 6.07) is 10.6. The molecule has 3 nitrogen and oxygen atoms in total. The van der Waals surface area contributed by atoms with Crippen LogP contribution < -0.4 is 5.32 Å². The van der Waals surface area contributed by atoms with Gasteiger partial charge in [0.05, 0.1) is 11.8 Å². The van der Waals surface area contributed by atoms with E-state index in [2.05, 4.69) is 55.6 Å². The molecule has 4 heteroatoms. The largest absolute Gasteiger partial charge is 0.393 e. The minimum Gasteiger partial charge on any atom is -0.393 e. The Hall–Kier alpha value is -1.65. The van der Waals surface area contributed by atoms with Crippen molar-refractivity contribution in [1.82, 2.24) is 4.98 Å². The Kier molecular flexibility index (Phi) is 4.63. The zero-order valence-corrected chi connectivity index (χ0v) is 19.5. The Morgan fingerprint density at radius 1 is 1.06 bits per heavy atom. The van der Waals surface area contributed by atoms with E-state index in [0.29, 0.717) is 5.41 Å². The van der Waals surface area contributed by atoms with Gasteiger partial charge < -0.3 is 10.4 Å². The van der Waals surface area contributed by atoms with Gasteiger partial charge in [0, 0.05) is 16.8 Å². The van der Waals surface area contributed by atoms with Gasteiger partial charge in [0.1, 0.15) is 0 Å². The number of benzene rings is 1. The normalized spacial score (nSPS) is 38.5. The van der Waals surface area contributed by atoms with Crippen molar-refractivity contribution in [3.05, 3.63) is 58.1 Å². The number of allylic oxidation sites excluding steroid dienone is 1. The maximum absolute atomic E-state index is 10.2. The molecule has 0 radical (unpaired) electrons. The number of aliphatic hydroxyl groups is 1. The third-order valence-corrected chi connectivity index (χ3v) is 10.4. The first-order valence-electron chi connectivity index (χ1n) is 12.1. The van der Waals surface area contributed by atoms with Crippen molar-refractivity contribution in [2.45, 2.75) is 76.9 Å².